The zero-order chi connectivity index (χ0) is 13.7. The lowest BCUT2D eigenvalue weighted by molar-refractivity contribution is 0.414. The fraction of sp³-hybridized carbons (Fsp3) is 0.286. The maximum atomic E-state index is 5.69. The van der Waals surface area contributed by atoms with E-state index in [1.54, 1.807) is 7.11 Å². The molecule has 0 aliphatic heterocycles. The molecule has 0 saturated carbocycles. The van der Waals surface area contributed by atoms with Crippen LogP contribution in [0.3, 0.4) is 0 Å². The van der Waals surface area contributed by atoms with Crippen LogP contribution in [0.5, 0.6) is 5.75 Å². The average Bonchev–Trinajstić information content (AvgIpc) is 2.48. The molecule has 0 saturated heterocycles. The van der Waals surface area contributed by atoms with Crippen molar-refractivity contribution in [3.63, 3.8) is 0 Å². The van der Waals surface area contributed by atoms with Crippen LogP contribution < -0.4 is 9.64 Å². The van der Waals surface area contributed by atoms with E-state index in [-0.39, 0.29) is 0 Å². The number of methoxy groups -OCH3 is 1. The van der Waals surface area contributed by atoms with Gasteiger partial charge in [-0.2, -0.15) is 5.10 Å². The van der Waals surface area contributed by atoms with Crippen LogP contribution in [-0.4, -0.2) is 24.4 Å². The molecule has 1 heterocycles. The molecule has 0 amide bonds. The highest BCUT2D eigenvalue weighted by atomic mass is 35.5. The van der Waals surface area contributed by atoms with Crippen molar-refractivity contribution in [2.45, 2.75) is 12.4 Å². The van der Waals surface area contributed by atoms with Gasteiger partial charge in [0.15, 0.2) is 5.82 Å². The fourth-order valence-corrected chi connectivity index (χ4v) is 1.86. The number of alkyl halides is 1. The third kappa shape index (κ3) is 3.58. The molecule has 2 aromatic rings. The summed E-state index contributed by atoms with van der Waals surface area (Å²) >= 11 is 5.69. The summed E-state index contributed by atoms with van der Waals surface area (Å²) in [6.45, 7) is 0.763. The first-order valence-electron chi connectivity index (χ1n) is 5.95. The Bertz CT molecular complexity index is 513. The van der Waals surface area contributed by atoms with E-state index in [1.807, 2.05) is 48.3 Å². The smallest absolute Gasteiger partial charge is 0.151 e. The molecule has 100 valence electrons. The van der Waals surface area contributed by atoms with Gasteiger partial charge in [-0.15, -0.1) is 16.7 Å². The molecule has 0 spiro atoms. The van der Waals surface area contributed by atoms with Crippen molar-refractivity contribution < 1.29 is 4.74 Å². The van der Waals surface area contributed by atoms with Gasteiger partial charge in [-0.3, -0.25) is 0 Å². The Morgan fingerprint density at radius 2 is 1.84 bits per heavy atom. The molecular formula is C14H16ClN3O. The number of aromatic nitrogens is 2. The molecule has 0 unspecified atom stereocenters. The summed E-state index contributed by atoms with van der Waals surface area (Å²) in [5.41, 5.74) is 1.97. The van der Waals surface area contributed by atoms with Crippen LogP contribution in [0.2, 0.25) is 0 Å². The summed E-state index contributed by atoms with van der Waals surface area (Å²) in [6, 6.07) is 11.8. The van der Waals surface area contributed by atoms with Gasteiger partial charge in [-0.05, 0) is 29.8 Å². The summed E-state index contributed by atoms with van der Waals surface area (Å²) < 4.78 is 5.14. The number of nitrogens with zero attached hydrogens (tertiary/aromatic N) is 3. The van der Waals surface area contributed by atoms with Crippen LogP contribution in [-0.2, 0) is 12.4 Å². The van der Waals surface area contributed by atoms with Crippen LogP contribution >= 0.6 is 11.6 Å². The van der Waals surface area contributed by atoms with Crippen LogP contribution in [0.25, 0.3) is 0 Å². The quantitative estimate of drug-likeness (QED) is 0.788. The molecular weight excluding hydrogens is 262 g/mol. The lowest BCUT2D eigenvalue weighted by Gasteiger charge is -2.17. The number of anilines is 1. The summed E-state index contributed by atoms with van der Waals surface area (Å²) in [4.78, 5) is 2.03. The maximum Gasteiger partial charge on any atom is 0.151 e. The second-order valence-corrected chi connectivity index (χ2v) is 4.49. The van der Waals surface area contributed by atoms with Gasteiger partial charge >= 0.3 is 0 Å². The molecule has 4 nitrogen and oxygen atoms in total. The Morgan fingerprint density at radius 3 is 2.37 bits per heavy atom. The zero-order valence-electron chi connectivity index (χ0n) is 11.0. The Morgan fingerprint density at radius 1 is 1.11 bits per heavy atom. The summed E-state index contributed by atoms with van der Waals surface area (Å²) in [5.74, 6) is 2.07. The van der Waals surface area contributed by atoms with Crippen LogP contribution in [0.15, 0.2) is 36.4 Å². The Balaban J connectivity index is 2.04. The lowest BCUT2D eigenvalue weighted by atomic mass is 10.2. The molecule has 2 rings (SSSR count). The fourth-order valence-electron chi connectivity index (χ4n) is 1.71. The minimum atomic E-state index is 0.384. The van der Waals surface area contributed by atoms with Crippen LogP contribution in [0, 0.1) is 0 Å². The molecule has 1 aromatic carbocycles. The zero-order valence-corrected chi connectivity index (χ0v) is 11.8. The van der Waals surface area contributed by atoms with E-state index in [0.29, 0.717) is 5.88 Å². The van der Waals surface area contributed by atoms with Gasteiger partial charge in [0.2, 0.25) is 0 Å². The molecule has 0 aliphatic carbocycles. The highest BCUT2D eigenvalue weighted by Crippen LogP contribution is 2.15. The number of benzene rings is 1. The Hall–Kier alpha value is -1.81. The third-order valence-corrected chi connectivity index (χ3v) is 3.09. The van der Waals surface area contributed by atoms with E-state index in [4.69, 9.17) is 16.3 Å². The van der Waals surface area contributed by atoms with Crippen molar-refractivity contribution in [1.29, 1.82) is 0 Å². The van der Waals surface area contributed by atoms with Crippen molar-refractivity contribution in [2.24, 2.45) is 0 Å². The second kappa shape index (κ2) is 6.38. The Labute approximate surface area is 118 Å². The first-order valence-corrected chi connectivity index (χ1v) is 6.49. The first kappa shape index (κ1) is 13.6. The summed E-state index contributed by atoms with van der Waals surface area (Å²) in [6.07, 6.45) is 0. The van der Waals surface area contributed by atoms with E-state index in [2.05, 4.69) is 10.2 Å². The van der Waals surface area contributed by atoms with Crippen molar-refractivity contribution in [3.8, 4) is 5.75 Å². The minimum Gasteiger partial charge on any atom is -0.497 e. The average molecular weight is 278 g/mol. The first-order chi connectivity index (χ1) is 9.22. The van der Waals surface area contributed by atoms with Gasteiger partial charge in [0.25, 0.3) is 0 Å². The molecule has 0 fully saturated rings. The van der Waals surface area contributed by atoms with Gasteiger partial charge in [0, 0.05) is 13.6 Å². The lowest BCUT2D eigenvalue weighted by Crippen LogP contribution is -2.18. The molecule has 1 aromatic heterocycles. The van der Waals surface area contributed by atoms with Gasteiger partial charge in [0.05, 0.1) is 18.7 Å². The summed E-state index contributed by atoms with van der Waals surface area (Å²) in [5, 5.41) is 8.19. The van der Waals surface area contributed by atoms with Gasteiger partial charge in [0.1, 0.15) is 5.75 Å². The van der Waals surface area contributed by atoms with Crippen molar-refractivity contribution >= 4 is 17.4 Å². The van der Waals surface area contributed by atoms with Crippen molar-refractivity contribution in [2.75, 3.05) is 19.1 Å². The molecule has 0 bridgehead atoms. The summed E-state index contributed by atoms with van der Waals surface area (Å²) in [7, 11) is 3.64. The maximum absolute atomic E-state index is 5.69. The van der Waals surface area contributed by atoms with Gasteiger partial charge < -0.3 is 9.64 Å². The number of hydrogen-bond acceptors (Lipinski definition) is 4. The van der Waals surface area contributed by atoms with E-state index < -0.39 is 0 Å². The molecule has 0 atom stereocenters. The molecule has 19 heavy (non-hydrogen) atoms. The number of rotatable bonds is 5. The largest absolute Gasteiger partial charge is 0.497 e. The van der Waals surface area contributed by atoms with Gasteiger partial charge in [-0.1, -0.05) is 12.1 Å². The normalized spacial score (nSPS) is 10.3. The standard InChI is InChI=1S/C14H16ClN3O/c1-18(14-8-5-12(9-15)16-17-14)10-11-3-6-13(19-2)7-4-11/h3-8H,9-10H2,1-2H3. The van der Waals surface area contributed by atoms with Crippen LogP contribution in [0.1, 0.15) is 11.3 Å². The topological polar surface area (TPSA) is 38.2 Å². The number of halogens is 1. The van der Waals surface area contributed by atoms with E-state index in [9.17, 15) is 0 Å². The van der Waals surface area contributed by atoms with Crippen molar-refractivity contribution in [3.05, 3.63) is 47.7 Å². The predicted molar refractivity (Wildman–Crippen MR) is 76.7 cm³/mol. The van der Waals surface area contributed by atoms with Crippen molar-refractivity contribution in [1.82, 2.24) is 10.2 Å². The molecule has 0 radical (unpaired) electrons. The van der Waals surface area contributed by atoms with Gasteiger partial charge in [-0.25, -0.2) is 0 Å². The molecule has 0 N–H and O–H groups in total. The molecule has 0 aliphatic rings. The number of hydrogen-bond donors (Lipinski definition) is 0. The second-order valence-electron chi connectivity index (χ2n) is 4.22. The van der Waals surface area contributed by atoms with E-state index in [0.717, 1.165) is 23.8 Å². The Kier molecular flexibility index (Phi) is 4.58. The monoisotopic (exact) mass is 277 g/mol. The van der Waals surface area contributed by atoms with E-state index >= 15 is 0 Å². The third-order valence-electron chi connectivity index (χ3n) is 2.81. The van der Waals surface area contributed by atoms with Crippen LogP contribution in [0.4, 0.5) is 5.82 Å². The highest BCUT2D eigenvalue weighted by molar-refractivity contribution is 6.16. The highest BCUT2D eigenvalue weighted by Gasteiger charge is 2.05. The number of ether oxygens (including phenoxy) is 1. The molecule has 5 heteroatoms. The SMILES string of the molecule is COc1ccc(CN(C)c2ccc(CCl)nn2)cc1. The van der Waals surface area contributed by atoms with E-state index in [1.165, 1.54) is 5.56 Å². The minimum absolute atomic E-state index is 0.384. The predicted octanol–water partition coefficient (Wildman–Crippen LogP) is 2.86.